The van der Waals surface area contributed by atoms with E-state index in [1.807, 2.05) is 20.2 Å². The van der Waals surface area contributed by atoms with E-state index < -0.39 is 0 Å². The summed E-state index contributed by atoms with van der Waals surface area (Å²) >= 11 is 0. The fourth-order valence-corrected chi connectivity index (χ4v) is 4.11. The van der Waals surface area contributed by atoms with Gasteiger partial charge in [-0.25, -0.2) is 0 Å². The van der Waals surface area contributed by atoms with Crippen LogP contribution in [-0.2, 0) is 12.0 Å². The second-order valence-corrected chi connectivity index (χ2v) is 6.87. The van der Waals surface area contributed by atoms with Crippen LogP contribution in [0.4, 0.5) is 5.69 Å². The van der Waals surface area contributed by atoms with Gasteiger partial charge in [-0.1, -0.05) is 6.92 Å². The molecule has 2 atom stereocenters. The maximum absolute atomic E-state index is 10.4. The standard InChI is InChI=1S/C16H25N3O/c1-16-6-7-18(4)15(16)19(5)13-8-11(10-17(2)3)14(20)9-12(13)16/h8-9,15,20H,6-7,10H2,1-5H3/t15?,16-/m0/s1. The fourth-order valence-electron chi connectivity index (χ4n) is 4.11. The number of likely N-dealkylation sites (N-methyl/N-ethyl adjacent to an activating group) is 2. The van der Waals surface area contributed by atoms with Crippen LogP contribution < -0.4 is 4.90 Å². The lowest BCUT2D eigenvalue weighted by molar-refractivity contribution is 0.268. The summed E-state index contributed by atoms with van der Waals surface area (Å²) in [5.41, 5.74) is 3.72. The van der Waals surface area contributed by atoms with Crippen LogP contribution in [0.3, 0.4) is 0 Å². The Bertz CT molecular complexity index is 543. The van der Waals surface area contributed by atoms with E-state index >= 15 is 0 Å². The molecule has 20 heavy (non-hydrogen) atoms. The summed E-state index contributed by atoms with van der Waals surface area (Å²) in [6.45, 7) is 4.21. The Balaban J connectivity index is 2.09. The number of benzene rings is 1. The van der Waals surface area contributed by atoms with Gasteiger partial charge in [0.15, 0.2) is 0 Å². The number of aromatic hydroxyl groups is 1. The molecule has 0 bridgehead atoms. The molecule has 0 aliphatic carbocycles. The van der Waals surface area contributed by atoms with Crippen molar-refractivity contribution in [2.75, 3.05) is 39.6 Å². The zero-order valence-electron chi connectivity index (χ0n) is 13.1. The number of hydrogen-bond acceptors (Lipinski definition) is 4. The molecule has 1 unspecified atom stereocenters. The third kappa shape index (κ3) is 1.75. The molecule has 4 nitrogen and oxygen atoms in total. The number of nitrogens with zero attached hydrogens (tertiary/aromatic N) is 3. The molecule has 0 amide bonds. The molecule has 1 fully saturated rings. The lowest BCUT2D eigenvalue weighted by Gasteiger charge is -2.32. The molecule has 3 rings (SSSR count). The van der Waals surface area contributed by atoms with Crippen LogP contribution in [0.2, 0.25) is 0 Å². The zero-order chi connectivity index (χ0) is 14.7. The number of anilines is 1. The summed E-state index contributed by atoms with van der Waals surface area (Å²) in [6.07, 6.45) is 1.56. The molecule has 1 aromatic carbocycles. The van der Waals surface area contributed by atoms with Gasteiger partial charge in [0, 0.05) is 36.8 Å². The van der Waals surface area contributed by atoms with Crippen molar-refractivity contribution in [3.8, 4) is 5.75 Å². The Kier molecular flexibility index (Phi) is 2.99. The lowest BCUT2D eigenvalue weighted by Crippen LogP contribution is -2.45. The summed E-state index contributed by atoms with van der Waals surface area (Å²) < 4.78 is 0. The first kappa shape index (κ1) is 13.7. The van der Waals surface area contributed by atoms with Gasteiger partial charge in [-0.3, -0.25) is 4.90 Å². The van der Waals surface area contributed by atoms with E-state index in [2.05, 4.69) is 41.8 Å². The topological polar surface area (TPSA) is 30.0 Å². The maximum Gasteiger partial charge on any atom is 0.120 e. The third-order valence-electron chi connectivity index (χ3n) is 5.02. The van der Waals surface area contributed by atoms with Crippen molar-refractivity contribution >= 4 is 5.69 Å². The molecule has 4 heteroatoms. The van der Waals surface area contributed by atoms with Crippen molar-refractivity contribution in [2.24, 2.45) is 0 Å². The van der Waals surface area contributed by atoms with Crippen molar-refractivity contribution in [2.45, 2.75) is 31.5 Å². The van der Waals surface area contributed by atoms with Crippen molar-refractivity contribution < 1.29 is 5.11 Å². The highest BCUT2D eigenvalue weighted by atomic mass is 16.3. The Morgan fingerprint density at radius 3 is 2.70 bits per heavy atom. The fraction of sp³-hybridized carbons (Fsp3) is 0.625. The van der Waals surface area contributed by atoms with E-state index in [4.69, 9.17) is 0 Å². The summed E-state index contributed by atoms with van der Waals surface area (Å²) in [6, 6.07) is 4.17. The normalized spacial score (nSPS) is 29.1. The second-order valence-electron chi connectivity index (χ2n) is 6.87. The van der Waals surface area contributed by atoms with Gasteiger partial charge in [0.2, 0.25) is 0 Å². The third-order valence-corrected chi connectivity index (χ3v) is 5.02. The van der Waals surface area contributed by atoms with Gasteiger partial charge < -0.3 is 14.9 Å². The van der Waals surface area contributed by atoms with Gasteiger partial charge in [-0.05, 0) is 45.3 Å². The average molecular weight is 275 g/mol. The van der Waals surface area contributed by atoms with Crippen molar-refractivity contribution in [1.29, 1.82) is 0 Å². The van der Waals surface area contributed by atoms with E-state index in [1.54, 1.807) is 0 Å². The highest BCUT2D eigenvalue weighted by Gasteiger charge is 2.52. The molecule has 1 aromatic rings. The van der Waals surface area contributed by atoms with E-state index in [-0.39, 0.29) is 5.41 Å². The van der Waals surface area contributed by atoms with Crippen molar-refractivity contribution in [3.05, 3.63) is 23.3 Å². The minimum atomic E-state index is 0.132. The number of rotatable bonds is 2. The number of fused-ring (bicyclic) bond motifs is 3. The van der Waals surface area contributed by atoms with Gasteiger partial charge in [-0.2, -0.15) is 0 Å². The molecule has 0 radical (unpaired) electrons. The average Bonchev–Trinajstić information content (AvgIpc) is 2.76. The van der Waals surface area contributed by atoms with Crippen LogP contribution in [0, 0.1) is 0 Å². The van der Waals surface area contributed by atoms with E-state index in [0.29, 0.717) is 11.9 Å². The van der Waals surface area contributed by atoms with Gasteiger partial charge >= 0.3 is 0 Å². The van der Waals surface area contributed by atoms with Crippen LogP contribution in [0.5, 0.6) is 5.75 Å². The predicted octanol–water partition coefficient (Wildman–Crippen LogP) is 1.82. The first-order valence-electron chi connectivity index (χ1n) is 7.29. The summed E-state index contributed by atoms with van der Waals surface area (Å²) in [5.74, 6) is 0.433. The van der Waals surface area contributed by atoms with Crippen LogP contribution in [0.15, 0.2) is 12.1 Å². The molecular weight excluding hydrogens is 250 g/mol. The Morgan fingerprint density at radius 2 is 2.05 bits per heavy atom. The first-order chi connectivity index (χ1) is 9.34. The number of phenolic OH excluding ortho intramolecular Hbond substituents is 1. The molecule has 1 N–H and O–H groups in total. The highest BCUT2D eigenvalue weighted by molar-refractivity contribution is 5.67. The van der Waals surface area contributed by atoms with Gasteiger partial charge in [0.1, 0.15) is 5.75 Å². The molecule has 110 valence electrons. The SMILES string of the molecule is CN(C)Cc1cc2c(cc1O)[C@]1(C)CCN(C)C1N2C. The molecule has 1 saturated heterocycles. The molecular formula is C16H25N3O. The predicted molar refractivity (Wildman–Crippen MR) is 82.3 cm³/mol. The maximum atomic E-state index is 10.4. The number of phenols is 1. The summed E-state index contributed by atoms with van der Waals surface area (Å²) in [5, 5.41) is 10.4. The van der Waals surface area contributed by atoms with Crippen molar-refractivity contribution in [3.63, 3.8) is 0 Å². The summed E-state index contributed by atoms with van der Waals surface area (Å²) in [4.78, 5) is 6.88. The molecule has 0 saturated carbocycles. The van der Waals surface area contributed by atoms with Gasteiger partial charge in [0.05, 0.1) is 6.17 Å². The number of hydrogen-bond donors (Lipinski definition) is 1. The smallest absolute Gasteiger partial charge is 0.120 e. The minimum absolute atomic E-state index is 0.132. The number of likely N-dealkylation sites (tertiary alicyclic amines) is 1. The highest BCUT2D eigenvalue weighted by Crippen LogP contribution is 2.52. The Morgan fingerprint density at radius 1 is 1.35 bits per heavy atom. The van der Waals surface area contributed by atoms with Crippen LogP contribution >= 0.6 is 0 Å². The zero-order valence-corrected chi connectivity index (χ0v) is 13.1. The van der Waals surface area contributed by atoms with Crippen molar-refractivity contribution in [1.82, 2.24) is 9.80 Å². The molecule has 0 spiro atoms. The lowest BCUT2D eigenvalue weighted by atomic mass is 9.81. The van der Waals surface area contributed by atoms with Crippen LogP contribution in [0.1, 0.15) is 24.5 Å². The largest absolute Gasteiger partial charge is 0.508 e. The van der Waals surface area contributed by atoms with Gasteiger partial charge in [-0.15, -0.1) is 0 Å². The molecule has 0 aromatic heterocycles. The summed E-state index contributed by atoms with van der Waals surface area (Å²) in [7, 11) is 8.42. The Labute approximate surface area is 121 Å². The second kappa shape index (κ2) is 4.37. The minimum Gasteiger partial charge on any atom is -0.508 e. The quantitative estimate of drug-likeness (QED) is 0.892. The van der Waals surface area contributed by atoms with Crippen LogP contribution in [-0.4, -0.2) is 55.8 Å². The first-order valence-corrected chi connectivity index (χ1v) is 7.29. The van der Waals surface area contributed by atoms with E-state index in [1.165, 1.54) is 11.3 Å². The van der Waals surface area contributed by atoms with E-state index in [9.17, 15) is 5.11 Å². The molecule has 2 heterocycles. The van der Waals surface area contributed by atoms with E-state index in [0.717, 1.165) is 25.1 Å². The molecule has 2 aliphatic heterocycles. The Hall–Kier alpha value is -1.26. The monoisotopic (exact) mass is 275 g/mol. The van der Waals surface area contributed by atoms with Gasteiger partial charge in [0.25, 0.3) is 0 Å². The molecule has 2 aliphatic rings. The van der Waals surface area contributed by atoms with Crippen LogP contribution in [0.25, 0.3) is 0 Å².